The fourth-order valence-electron chi connectivity index (χ4n) is 1.79. The van der Waals surface area contributed by atoms with Crippen molar-refractivity contribution in [3.05, 3.63) is 53.1 Å². The Balaban J connectivity index is 1.97. The summed E-state index contributed by atoms with van der Waals surface area (Å²) < 4.78 is 0. The lowest BCUT2D eigenvalue weighted by Gasteiger charge is -2.14. The van der Waals surface area contributed by atoms with Crippen molar-refractivity contribution in [2.75, 3.05) is 0 Å². The van der Waals surface area contributed by atoms with Gasteiger partial charge in [0.05, 0.1) is 6.04 Å². The molecule has 0 aliphatic heterocycles. The number of aromatic nitrogens is 2. The Kier molecular flexibility index (Phi) is 4.18. The van der Waals surface area contributed by atoms with Crippen LogP contribution in [-0.2, 0) is 6.54 Å². The van der Waals surface area contributed by atoms with Crippen LogP contribution >= 0.6 is 11.6 Å². The Labute approximate surface area is 106 Å². The average Bonchev–Trinajstić information content (AvgIpc) is 2.84. The molecule has 17 heavy (non-hydrogen) atoms. The van der Waals surface area contributed by atoms with Gasteiger partial charge < -0.3 is 10.3 Å². The summed E-state index contributed by atoms with van der Waals surface area (Å²) in [6, 6.07) is 8.14. The molecule has 1 aromatic carbocycles. The van der Waals surface area contributed by atoms with Gasteiger partial charge in [0.2, 0.25) is 0 Å². The fourth-order valence-corrected chi connectivity index (χ4v) is 2.00. The maximum absolute atomic E-state index is 5.95. The number of halogens is 1. The van der Waals surface area contributed by atoms with Gasteiger partial charge in [0.25, 0.3) is 0 Å². The first-order valence-corrected chi connectivity index (χ1v) is 6.14. The van der Waals surface area contributed by atoms with Crippen LogP contribution in [0.4, 0.5) is 0 Å². The highest BCUT2D eigenvalue weighted by atomic mass is 35.5. The van der Waals surface area contributed by atoms with Gasteiger partial charge in [0.1, 0.15) is 5.82 Å². The van der Waals surface area contributed by atoms with Gasteiger partial charge in [-0.15, -0.1) is 0 Å². The maximum Gasteiger partial charge on any atom is 0.123 e. The third kappa shape index (κ3) is 3.32. The summed E-state index contributed by atoms with van der Waals surface area (Å²) in [5, 5.41) is 4.24. The lowest BCUT2D eigenvalue weighted by atomic mass is 10.1. The zero-order chi connectivity index (χ0) is 12.1. The van der Waals surface area contributed by atoms with Crippen molar-refractivity contribution in [2.45, 2.75) is 25.9 Å². The van der Waals surface area contributed by atoms with E-state index in [9.17, 15) is 0 Å². The number of rotatable bonds is 5. The van der Waals surface area contributed by atoms with E-state index in [0.29, 0.717) is 0 Å². The smallest absolute Gasteiger partial charge is 0.123 e. The second-order valence-electron chi connectivity index (χ2n) is 3.95. The molecule has 1 atom stereocenters. The molecule has 0 radical (unpaired) electrons. The number of aromatic amines is 1. The van der Waals surface area contributed by atoms with Crippen molar-refractivity contribution in [3.8, 4) is 0 Å². The quantitative estimate of drug-likeness (QED) is 0.854. The Morgan fingerprint density at radius 1 is 1.47 bits per heavy atom. The molecule has 0 amide bonds. The number of hydrogen-bond donors (Lipinski definition) is 2. The fraction of sp³-hybridized carbons (Fsp3) is 0.308. The van der Waals surface area contributed by atoms with Crippen molar-refractivity contribution in [1.82, 2.24) is 15.3 Å². The molecular formula is C13H16ClN3. The highest BCUT2D eigenvalue weighted by molar-refractivity contribution is 6.30. The van der Waals surface area contributed by atoms with E-state index in [0.717, 1.165) is 23.8 Å². The van der Waals surface area contributed by atoms with E-state index >= 15 is 0 Å². The lowest BCUT2D eigenvalue weighted by Crippen LogP contribution is -2.21. The number of hydrogen-bond acceptors (Lipinski definition) is 2. The molecule has 90 valence electrons. The molecule has 0 aliphatic rings. The molecule has 0 saturated heterocycles. The van der Waals surface area contributed by atoms with E-state index in [1.165, 1.54) is 5.56 Å². The molecule has 1 aromatic heterocycles. The number of H-pyrrole nitrogens is 1. The topological polar surface area (TPSA) is 40.7 Å². The molecule has 0 aliphatic carbocycles. The van der Waals surface area contributed by atoms with E-state index in [-0.39, 0.29) is 6.04 Å². The minimum absolute atomic E-state index is 0.254. The van der Waals surface area contributed by atoms with Gasteiger partial charge in [-0.1, -0.05) is 30.7 Å². The zero-order valence-corrected chi connectivity index (χ0v) is 10.5. The van der Waals surface area contributed by atoms with Gasteiger partial charge in [0, 0.05) is 24.0 Å². The standard InChI is InChI=1S/C13H16ClN3/c1-2-12(13-15-6-7-16-13)17-9-10-4-3-5-11(14)8-10/h3-8,12,17H,2,9H2,1H3,(H,15,16). The van der Waals surface area contributed by atoms with Crippen LogP contribution in [0.3, 0.4) is 0 Å². The first-order chi connectivity index (χ1) is 8.29. The highest BCUT2D eigenvalue weighted by Gasteiger charge is 2.10. The molecule has 3 nitrogen and oxygen atoms in total. The van der Waals surface area contributed by atoms with Crippen molar-refractivity contribution >= 4 is 11.6 Å². The minimum atomic E-state index is 0.254. The summed E-state index contributed by atoms with van der Waals surface area (Å²) in [5.41, 5.74) is 1.18. The van der Waals surface area contributed by atoms with Gasteiger partial charge >= 0.3 is 0 Å². The van der Waals surface area contributed by atoms with Crippen molar-refractivity contribution in [1.29, 1.82) is 0 Å². The third-order valence-corrected chi connectivity index (χ3v) is 2.93. The molecule has 0 spiro atoms. The molecule has 4 heteroatoms. The number of nitrogens with one attached hydrogen (secondary N) is 2. The zero-order valence-electron chi connectivity index (χ0n) is 9.78. The summed E-state index contributed by atoms with van der Waals surface area (Å²) in [7, 11) is 0. The van der Waals surface area contributed by atoms with Crippen LogP contribution in [0, 0.1) is 0 Å². The van der Waals surface area contributed by atoms with E-state index in [2.05, 4.69) is 28.3 Å². The normalized spacial score (nSPS) is 12.6. The van der Waals surface area contributed by atoms with Crippen LogP contribution < -0.4 is 5.32 Å². The Hall–Kier alpha value is -1.32. The molecular weight excluding hydrogens is 234 g/mol. The number of benzene rings is 1. The molecule has 2 rings (SSSR count). The molecule has 0 bridgehead atoms. The van der Waals surface area contributed by atoms with E-state index in [1.807, 2.05) is 24.4 Å². The lowest BCUT2D eigenvalue weighted by molar-refractivity contribution is 0.498. The Morgan fingerprint density at radius 3 is 3.00 bits per heavy atom. The van der Waals surface area contributed by atoms with Crippen molar-refractivity contribution in [3.63, 3.8) is 0 Å². The Bertz CT molecular complexity index is 453. The number of nitrogens with zero attached hydrogens (tertiary/aromatic N) is 1. The largest absolute Gasteiger partial charge is 0.347 e. The van der Waals surface area contributed by atoms with Gasteiger partial charge in [-0.3, -0.25) is 0 Å². The first-order valence-electron chi connectivity index (χ1n) is 5.76. The molecule has 2 N–H and O–H groups in total. The second kappa shape index (κ2) is 5.84. The predicted octanol–water partition coefficient (Wildman–Crippen LogP) is 3.30. The summed E-state index contributed by atoms with van der Waals surface area (Å²) >= 11 is 5.95. The van der Waals surface area contributed by atoms with Crippen LogP contribution in [0.1, 0.15) is 30.8 Å². The second-order valence-corrected chi connectivity index (χ2v) is 4.38. The van der Waals surface area contributed by atoms with Gasteiger partial charge in [-0.05, 0) is 24.1 Å². The minimum Gasteiger partial charge on any atom is -0.347 e. The summed E-state index contributed by atoms with van der Waals surface area (Å²) in [6.45, 7) is 2.93. The van der Waals surface area contributed by atoms with Crippen LogP contribution in [0.25, 0.3) is 0 Å². The number of imidazole rings is 1. The molecule has 1 unspecified atom stereocenters. The van der Waals surface area contributed by atoms with Crippen LogP contribution in [0.2, 0.25) is 5.02 Å². The molecule has 0 fully saturated rings. The van der Waals surface area contributed by atoms with Gasteiger partial charge in [-0.25, -0.2) is 4.98 Å². The summed E-state index contributed by atoms with van der Waals surface area (Å²) in [5.74, 6) is 0.981. The Morgan fingerprint density at radius 2 is 2.35 bits per heavy atom. The van der Waals surface area contributed by atoms with Crippen molar-refractivity contribution in [2.24, 2.45) is 0 Å². The van der Waals surface area contributed by atoms with E-state index < -0.39 is 0 Å². The van der Waals surface area contributed by atoms with Crippen LogP contribution in [0.5, 0.6) is 0 Å². The van der Waals surface area contributed by atoms with Gasteiger partial charge in [0.15, 0.2) is 0 Å². The highest BCUT2D eigenvalue weighted by Crippen LogP contribution is 2.14. The SMILES string of the molecule is CCC(NCc1cccc(Cl)c1)c1ncc[nH]1. The third-order valence-electron chi connectivity index (χ3n) is 2.70. The summed E-state index contributed by atoms with van der Waals surface area (Å²) in [4.78, 5) is 7.41. The van der Waals surface area contributed by atoms with Crippen molar-refractivity contribution < 1.29 is 0 Å². The van der Waals surface area contributed by atoms with Crippen LogP contribution in [-0.4, -0.2) is 9.97 Å². The maximum atomic E-state index is 5.95. The molecule has 1 heterocycles. The monoisotopic (exact) mass is 249 g/mol. The molecule has 0 saturated carbocycles. The molecule has 2 aromatic rings. The average molecular weight is 250 g/mol. The van der Waals surface area contributed by atoms with Gasteiger partial charge in [-0.2, -0.15) is 0 Å². The predicted molar refractivity (Wildman–Crippen MR) is 69.9 cm³/mol. The van der Waals surface area contributed by atoms with Crippen LogP contribution in [0.15, 0.2) is 36.7 Å². The van der Waals surface area contributed by atoms with E-state index in [4.69, 9.17) is 11.6 Å². The summed E-state index contributed by atoms with van der Waals surface area (Å²) in [6.07, 6.45) is 4.62. The van der Waals surface area contributed by atoms with E-state index in [1.54, 1.807) is 6.20 Å². The first kappa shape index (κ1) is 12.1.